The lowest BCUT2D eigenvalue weighted by Crippen LogP contribution is -2.32. The van der Waals surface area contributed by atoms with Gasteiger partial charge in [0.15, 0.2) is 0 Å². The highest BCUT2D eigenvalue weighted by atomic mass is 35.5. The summed E-state index contributed by atoms with van der Waals surface area (Å²) in [6.45, 7) is 3.05. The number of hydrogen-bond acceptors (Lipinski definition) is 4. The maximum Gasteiger partial charge on any atom is 0.240 e. The van der Waals surface area contributed by atoms with Gasteiger partial charge in [0.25, 0.3) is 0 Å². The Labute approximate surface area is 125 Å². The third kappa shape index (κ3) is 5.00. The Bertz CT molecular complexity index is 417. The number of ether oxygens (including phenoxy) is 2. The zero-order chi connectivity index (χ0) is 13.7. The van der Waals surface area contributed by atoms with Crippen molar-refractivity contribution in [2.24, 2.45) is 5.73 Å². The normalized spacial score (nSPS) is 19.0. The van der Waals surface area contributed by atoms with E-state index in [1.807, 2.05) is 12.1 Å². The highest BCUT2D eigenvalue weighted by Gasteiger charge is 2.15. The summed E-state index contributed by atoms with van der Waals surface area (Å²) in [6.07, 6.45) is 2.37. The summed E-state index contributed by atoms with van der Waals surface area (Å²) < 4.78 is 11.1. The quantitative estimate of drug-likeness (QED) is 0.872. The van der Waals surface area contributed by atoms with Crippen LogP contribution in [0.1, 0.15) is 19.8 Å². The van der Waals surface area contributed by atoms with Crippen LogP contribution >= 0.6 is 12.4 Å². The van der Waals surface area contributed by atoms with Crippen LogP contribution in [0.5, 0.6) is 5.75 Å². The first-order valence-electron chi connectivity index (χ1n) is 6.56. The SMILES string of the molecule is C[C@@H](N)C(=O)Nc1ccc(OCC2CCCO2)cc1.Cl. The van der Waals surface area contributed by atoms with Crippen molar-refractivity contribution in [2.75, 3.05) is 18.5 Å². The number of anilines is 1. The Morgan fingerprint density at radius 1 is 1.50 bits per heavy atom. The van der Waals surface area contributed by atoms with E-state index in [4.69, 9.17) is 15.2 Å². The van der Waals surface area contributed by atoms with Gasteiger partial charge in [0.05, 0.1) is 12.1 Å². The fourth-order valence-electron chi connectivity index (χ4n) is 1.86. The molecule has 5 nitrogen and oxygen atoms in total. The molecule has 1 heterocycles. The lowest BCUT2D eigenvalue weighted by molar-refractivity contribution is -0.117. The zero-order valence-electron chi connectivity index (χ0n) is 11.5. The average Bonchev–Trinajstić information content (AvgIpc) is 2.91. The zero-order valence-corrected chi connectivity index (χ0v) is 12.3. The van der Waals surface area contributed by atoms with Gasteiger partial charge in [-0.1, -0.05) is 0 Å². The molecule has 1 amide bonds. The molecule has 0 bridgehead atoms. The number of benzene rings is 1. The molecule has 2 rings (SSSR count). The van der Waals surface area contributed by atoms with Gasteiger partial charge in [-0.15, -0.1) is 12.4 Å². The molecular weight excluding hydrogens is 280 g/mol. The van der Waals surface area contributed by atoms with E-state index >= 15 is 0 Å². The molecule has 0 aliphatic carbocycles. The maximum absolute atomic E-state index is 11.4. The Hall–Kier alpha value is -1.30. The van der Waals surface area contributed by atoms with E-state index in [2.05, 4.69) is 5.32 Å². The van der Waals surface area contributed by atoms with Crippen LogP contribution in [0.3, 0.4) is 0 Å². The van der Waals surface area contributed by atoms with Crippen molar-refractivity contribution in [1.29, 1.82) is 0 Å². The summed E-state index contributed by atoms with van der Waals surface area (Å²) >= 11 is 0. The van der Waals surface area contributed by atoms with Crippen molar-refractivity contribution in [1.82, 2.24) is 0 Å². The molecule has 1 saturated heterocycles. The van der Waals surface area contributed by atoms with Crippen molar-refractivity contribution in [2.45, 2.75) is 31.9 Å². The minimum absolute atomic E-state index is 0. The highest BCUT2D eigenvalue weighted by molar-refractivity contribution is 5.94. The number of hydrogen-bond donors (Lipinski definition) is 2. The fraction of sp³-hybridized carbons (Fsp3) is 0.500. The van der Waals surface area contributed by atoms with Gasteiger partial charge in [0.1, 0.15) is 12.4 Å². The van der Waals surface area contributed by atoms with E-state index < -0.39 is 6.04 Å². The van der Waals surface area contributed by atoms with Crippen LogP contribution in [0.15, 0.2) is 24.3 Å². The van der Waals surface area contributed by atoms with E-state index in [-0.39, 0.29) is 24.4 Å². The van der Waals surface area contributed by atoms with Crippen LogP contribution in [-0.2, 0) is 9.53 Å². The summed E-state index contributed by atoms with van der Waals surface area (Å²) in [5.41, 5.74) is 6.20. The molecule has 2 atom stereocenters. The smallest absolute Gasteiger partial charge is 0.240 e. The summed E-state index contributed by atoms with van der Waals surface area (Å²) in [7, 11) is 0. The van der Waals surface area contributed by atoms with E-state index in [0.29, 0.717) is 12.3 Å². The standard InChI is InChI=1S/C14H20N2O3.ClH/c1-10(15)14(17)16-11-4-6-12(7-5-11)19-9-13-3-2-8-18-13;/h4-7,10,13H,2-3,8-9,15H2,1H3,(H,16,17);1H/t10-,13?;/m1./s1. The van der Waals surface area contributed by atoms with Crippen LogP contribution in [0.25, 0.3) is 0 Å². The molecule has 0 radical (unpaired) electrons. The predicted molar refractivity (Wildman–Crippen MR) is 80.4 cm³/mol. The van der Waals surface area contributed by atoms with E-state index in [1.165, 1.54) is 0 Å². The lowest BCUT2D eigenvalue weighted by Gasteiger charge is -2.12. The topological polar surface area (TPSA) is 73.6 Å². The number of halogens is 1. The fourth-order valence-corrected chi connectivity index (χ4v) is 1.86. The maximum atomic E-state index is 11.4. The van der Waals surface area contributed by atoms with E-state index in [9.17, 15) is 4.79 Å². The Balaban J connectivity index is 0.00000200. The molecule has 0 aromatic heterocycles. The molecule has 1 aliphatic heterocycles. The largest absolute Gasteiger partial charge is 0.491 e. The molecule has 6 heteroatoms. The number of nitrogens with two attached hydrogens (primary N) is 1. The van der Waals surface area contributed by atoms with Gasteiger partial charge in [-0.05, 0) is 44.0 Å². The van der Waals surface area contributed by atoms with Crippen LogP contribution in [-0.4, -0.2) is 31.3 Å². The molecular formula is C14H21ClN2O3. The molecule has 112 valence electrons. The number of rotatable bonds is 5. The molecule has 1 aliphatic rings. The summed E-state index contributed by atoms with van der Waals surface area (Å²) in [5, 5.41) is 2.72. The third-order valence-corrected chi connectivity index (χ3v) is 3.00. The van der Waals surface area contributed by atoms with Gasteiger partial charge in [0.2, 0.25) is 5.91 Å². The summed E-state index contributed by atoms with van der Waals surface area (Å²) in [4.78, 5) is 11.4. The number of amides is 1. The van der Waals surface area contributed by atoms with Crippen LogP contribution in [0, 0.1) is 0 Å². The second-order valence-electron chi connectivity index (χ2n) is 4.75. The van der Waals surface area contributed by atoms with Crippen molar-refractivity contribution in [3.8, 4) is 5.75 Å². The molecule has 1 fully saturated rings. The molecule has 3 N–H and O–H groups in total. The first kappa shape index (κ1) is 16.8. The van der Waals surface area contributed by atoms with Crippen molar-refractivity contribution < 1.29 is 14.3 Å². The second-order valence-corrected chi connectivity index (χ2v) is 4.75. The summed E-state index contributed by atoms with van der Waals surface area (Å²) in [5.74, 6) is 0.572. The third-order valence-electron chi connectivity index (χ3n) is 3.00. The predicted octanol–water partition coefficient (Wildman–Crippen LogP) is 1.95. The van der Waals surface area contributed by atoms with Crippen molar-refractivity contribution >= 4 is 24.0 Å². The van der Waals surface area contributed by atoms with Crippen molar-refractivity contribution in [3.63, 3.8) is 0 Å². The van der Waals surface area contributed by atoms with Gasteiger partial charge in [-0.2, -0.15) is 0 Å². The molecule has 1 unspecified atom stereocenters. The van der Waals surface area contributed by atoms with Gasteiger partial charge in [-0.3, -0.25) is 4.79 Å². The Morgan fingerprint density at radius 2 is 2.20 bits per heavy atom. The van der Waals surface area contributed by atoms with Crippen LogP contribution in [0.4, 0.5) is 5.69 Å². The van der Waals surface area contributed by atoms with Crippen LogP contribution in [0.2, 0.25) is 0 Å². The van der Waals surface area contributed by atoms with Crippen LogP contribution < -0.4 is 15.8 Å². The lowest BCUT2D eigenvalue weighted by atomic mass is 10.2. The van der Waals surface area contributed by atoms with Crippen molar-refractivity contribution in [3.05, 3.63) is 24.3 Å². The Morgan fingerprint density at radius 3 is 2.75 bits per heavy atom. The monoisotopic (exact) mass is 300 g/mol. The highest BCUT2D eigenvalue weighted by Crippen LogP contribution is 2.18. The molecule has 20 heavy (non-hydrogen) atoms. The number of nitrogens with one attached hydrogen (secondary N) is 1. The molecule has 0 spiro atoms. The van der Waals surface area contributed by atoms with Gasteiger partial charge in [0, 0.05) is 12.3 Å². The molecule has 1 aromatic carbocycles. The molecule has 0 saturated carbocycles. The van der Waals surface area contributed by atoms with Gasteiger partial charge < -0.3 is 20.5 Å². The number of carbonyl (C=O) groups is 1. The average molecular weight is 301 g/mol. The van der Waals surface area contributed by atoms with E-state index in [0.717, 1.165) is 25.2 Å². The minimum Gasteiger partial charge on any atom is -0.491 e. The molecule has 1 aromatic rings. The second kappa shape index (κ2) is 8.09. The first-order valence-corrected chi connectivity index (χ1v) is 6.56. The van der Waals surface area contributed by atoms with Gasteiger partial charge >= 0.3 is 0 Å². The summed E-state index contributed by atoms with van der Waals surface area (Å²) in [6, 6.07) is 6.73. The van der Waals surface area contributed by atoms with E-state index in [1.54, 1.807) is 19.1 Å². The Kier molecular flexibility index (Phi) is 6.78. The van der Waals surface area contributed by atoms with Gasteiger partial charge in [-0.25, -0.2) is 0 Å². The minimum atomic E-state index is -0.518. The number of carbonyl (C=O) groups excluding carboxylic acids is 1. The first-order chi connectivity index (χ1) is 9.15.